The lowest BCUT2D eigenvalue weighted by Crippen LogP contribution is -2.11. The molecule has 1 aromatic heterocycles. The average molecular weight is 318 g/mol. The van der Waals surface area contributed by atoms with E-state index in [4.69, 9.17) is 4.74 Å². The Morgan fingerprint density at radius 3 is 2.82 bits per heavy atom. The first-order valence-electron chi connectivity index (χ1n) is 6.47. The molecule has 2 rings (SSSR count). The van der Waals surface area contributed by atoms with E-state index >= 15 is 0 Å². The van der Waals surface area contributed by atoms with E-state index in [1.54, 1.807) is 37.4 Å². The molecule has 1 unspecified atom stereocenters. The van der Waals surface area contributed by atoms with Crippen LogP contribution in [0.4, 0.5) is 5.69 Å². The van der Waals surface area contributed by atoms with Crippen molar-refractivity contribution in [2.75, 3.05) is 6.26 Å². The lowest BCUT2D eigenvalue weighted by atomic mass is 10.1. The predicted octanol–water partition coefficient (Wildman–Crippen LogP) is 3.63. The Labute approximate surface area is 131 Å². The van der Waals surface area contributed by atoms with Crippen molar-refractivity contribution in [1.82, 2.24) is 4.98 Å². The third-order valence-electron chi connectivity index (χ3n) is 3.02. The average Bonchev–Trinajstić information content (AvgIpc) is 2.54. The summed E-state index contributed by atoms with van der Waals surface area (Å²) >= 11 is 1.35. The minimum atomic E-state index is -0.595. The van der Waals surface area contributed by atoms with Gasteiger partial charge in [0.2, 0.25) is 0 Å². The van der Waals surface area contributed by atoms with Crippen LogP contribution >= 0.6 is 11.8 Å². The van der Waals surface area contributed by atoms with Gasteiger partial charge in [-0.2, -0.15) is 0 Å². The molecule has 0 amide bonds. The molecular formula is C15H14N2O4S. The highest BCUT2D eigenvalue weighted by molar-refractivity contribution is 7.98. The molecule has 0 spiro atoms. The first-order valence-corrected chi connectivity index (χ1v) is 7.69. The van der Waals surface area contributed by atoms with Crippen LogP contribution < -0.4 is 0 Å². The number of carbonyl (C=O) groups excluding carboxylic acids is 1. The van der Waals surface area contributed by atoms with Gasteiger partial charge in [-0.05, 0) is 30.9 Å². The second-order valence-corrected chi connectivity index (χ2v) is 5.25. The minimum absolute atomic E-state index is 0.0356. The molecular weight excluding hydrogens is 304 g/mol. The summed E-state index contributed by atoms with van der Waals surface area (Å²) in [6, 6.07) is 9.34. The Balaban J connectivity index is 2.18. The first kappa shape index (κ1) is 16.0. The second-order valence-electron chi connectivity index (χ2n) is 4.46. The number of nitrogens with zero attached hydrogens (tertiary/aromatic N) is 2. The summed E-state index contributed by atoms with van der Waals surface area (Å²) in [4.78, 5) is 26.6. The number of carbonyl (C=O) groups is 1. The van der Waals surface area contributed by atoms with E-state index < -0.39 is 17.0 Å². The van der Waals surface area contributed by atoms with Crippen molar-refractivity contribution in [1.29, 1.82) is 0 Å². The summed E-state index contributed by atoms with van der Waals surface area (Å²) in [5.41, 5.74) is 0.913. The van der Waals surface area contributed by atoms with E-state index in [1.165, 1.54) is 23.9 Å². The second kappa shape index (κ2) is 7.04. The Kier molecular flexibility index (Phi) is 5.11. The van der Waals surface area contributed by atoms with Gasteiger partial charge in [0.05, 0.1) is 10.5 Å². The lowest BCUT2D eigenvalue weighted by Gasteiger charge is -2.14. The van der Waals surface area contributed by atoms with Gasteiger partial charge in [0.15, 0.2) is 0 Å². The summed E-state index contributed by atoms with van der Waals surface area (Å²) in [7, 11) is 0. The normalized spacial score (nSPS) is 11.7. The molecule has 1 heterocycles. The number of ether oxygens (including phenoxy) is 1. The smallest absolute Gasteiger partial charge is 0.341 e. The molecule has 0 radical (unpaired) electrons. The van der Waals surface area contributed by atoms with E-state index in [-0.39, 0.29) is 5.69 Å². The monoisotopic (exact) mass is 318 g/mol. The Hall–Kier alpha value is -2.41. The summed E-state index contributed by atoms with van der Waals surface area (Å²) < 4.78 is 5.38. The molecule has 7 heteroatoms. The van der Waals surface area contributed by atoms with Crippen LogP contribution in [-0.2, 0) is 4.74 Å². The molecule has 0 saturated heterocycles. The number of aromatic nitrogens is 1. The number of hydrogen-bond acceptors (Lipinski definition) is 6. The number of rotatable bonds is 5. The van der Waals surface area contributed by atoms with E-state index in [2.05, 4.69) is 4.98 Å². The highest BCUT2D eigenvalue weighted by Crippen LogP contribution is 2.24. The molecule has 0 aliphatic carbocycles. The fraction of sp³-hybridized carbons (Fsp3) is 0.200. The first-order chi connectivity index (χ1) is 10.5. The van der Waals surface area contributed by atoms with Crippen molar-refractivity contribution >= 4 is 23.4 Å². The number of non-ortho nitro benzene ring substituents is 1. The number of esters is 1. The van der Waals surface area contributed by atoms with Gasteiger partial charge in [-0.3, -0.25) is 10.1 Å². The van der Waals surface area contributed by atoms with E-state index in [1.807, 2.05) is 6.26 Å². The van der Waals surface area contributed by atoms with Crippen molar-refractivity contribution in [3.05, 3.63) is 63.8 Å². The van der Waals surface area contributed by atoms with Crippen molar-refractivity contribution in [2.45, 2.75) is 18.1 Å². The van der Waals surface area contributed by atoms with Gasteiger partial charge in [0, 0.05) is 18.3 Å². The third-order valence-corrected chi connectivity index (χ3v) is 3.73. The van der Waals surface area contributed by atoms with Gasteiger partial charge in [-0.25, -0.2) is 9.78 Å². The van der Waals surface area contributed by atoms with Gasteiger partial charge in [0.1, 0.15) is 11.1 Å². The van der Waals surface area contributed by atoms with Gasteiger partial charge in [0.25, 0.3) is 5.69 Å². The Morgan fingerprint density at radius 2 is 2.14 bits per heavy atom. The molecule has 0 bridgehead atoms. The molecule has 0 fully saturated rings. The number of hydrogen-bond donors (Lipinski definition) is 0. The standard InChI is InChI=1S/C15H14N2O4S/c1-10(11-5-3-6-12(9-11)17(19)20)21-15(18)13-7-4-8-16-14(13)22-2/h3-10H,1-2H3. The molecule has 0 aliphatic rings. The molecule has 2 aromatic rings. The maximum atomic E-state index is 12.2. The number of thioether (sulfide) groups is 1. The lowest BCUT2D eigenvalue weighted by molar-refractivity contribution is -0.385. The zero-order valence-corrected chi connectivity index (χ0v) is 12.9. The number of pyridine rings is 1. The zero-order valence-electron chi connectivity index (χ0n) is 12.1. The van der Waals surface area contributed by atoms with Crippen molar-refractivity contribution in [3.63, 3.8) is 0 Å². The van der Waals surface area contributed by atoms with Crippen LogP contribution in [0.25, 0.3) is 0 Å². The van der Waals surface area contributed by atoms with Gasteiger partial charge >= 0.3 is 5.97 Å². The maximum Gasteiger partial charge on any atom is 0.341 e. The largest absolute Gasteiger partial charge is 0.454 e. The molecule has 0 N–H and O–H groups in total. The summed E-state index contributed by atoms with van der Waals surface area (Å²) in [6.07, 6.45) is 2.83. The van der Waals surface area contributed by atoms with Crippen LogP contribution in [0.3, 0.4) is 0 Å². The van der Waals surface area contributed by atoms with Gasteiger partial charge in [-0.15, -0.1) is 11.8 Å². The van der Waals surface area contributed by atoms with Crippen LogP contribution in [0, 0.1) is 10.1 Å². The summed E-state index contributed by atoms with van der Waals surface area (Å²) in [5, 5.41) is 11.4. The van der Waals surface area contributed by atoms with Crippen molar-refractivity contribution in [2.24, 2.45) is 0 Å². The van der Waals surface area contributed by atoms with Crippen LogP contribution in [0.2, 0.25) is 0 Å². The zero-order chi connectivity index (χ0) is 16.1. The predicted molar refractivity (Wildman–Crippen MR) is 82.9 cm³/mol. The van der Waals surface area contributed by atoms with Crippen molar-refractivity contribution < 1.29 is 14.5 Å². The van der Waals surface area contributed by atoms with E-state index in [0.717, 1.165) is 0 Å². The molecule has 22 heavy (non-hydrogen) atoms. The maximum absolute atomic E-state index is 12.2. The quantitative estimate of drug-likeness (QED) is 0.362. The van der Waals surface area contributed by atoms with Crippen LogP contribution in [0.15, 0.2) is 47.6 Å². The molecule has 0 saturated carbocycles. The molecule has 0 aliphatic heterocycles. The van der Waals surface area contributed by atoms with Crippen LogP contribution in [0.5, 0.6) is 0 Å². The van der Waals surface area contributed by atoms with Gasteiger partial charge < -0.3 is 4.74 Å². The highest BCUT2D eigenvalue weighted by atomic mass is 32.2. The molecule has 1 aromatic carbocycles. The molecule has 114 valence electrons. The highest BCUT2D eigenvalue weighted by Gasteiger charge is 2.18. The molecule has 6 nitrogen and oxygen atoms in total. The van der Waals surface area contributed by atoms with Crippen molar-refractivity contribution in [3.8, 4) is 0 Å². The van der Waals surface area contributed by atoms with Gasteiger partial charge in [-0.1, -0.05) is 12.1 Å². The fourth-order valence-corrected chi connectivity index (χ4v) is 2.43. The summed E-state index contributed by atoms with van der Waals surface area (Å²) in [6.45, 7) is 1.67. The van der Waals surface area contributed by atoms with E-state index in [0.29, 0.717) is 16.2 Å². The third kappa shape index (κ3) is 3.62. The number of benzene rings is 1. The SMILES string of the molecule is CSc1ncccc1C(=O)OC(C)c1cccc([N+](=O)[O-])c1. The topological polar surface area (TPSA) is 82.3 Å². The Morgan fingerprint density at radius 1 is 1.36 bits per heavy atom. The van der Waals surface area contributed by atoms with Crippen LogP contribution in [0.1, 0.15) is 28.9 Å². The summed E-state index contributed by atoms with van der Waals surface area (Å²) in [5.74, 6) is -0.503. The fourth-order valence-electron chi connectivity index (χ4n) is 1.89. The Bertz CT molecular complexity index is 705. The number of nitro benzene ring substituents is 1. The minimum Gasteiger partial charge on any atom is -0.454 e. The number of nitro groups is 1. The van der Waals surface area contributed by atoms with Crippen LogP contribution in [-0.4, -0.2) is 22.1 Å². The van der Waals surface area contributed by atoms with E-state index in [9.17, 15) is 14.9 Å². The molecule has 1 atom stereocenters.